The van der Waals surface area contributed by atoms with Crippen LogP contribution in [0, 0.1) is 20.2 Å². The molecule has 3 aromatic carbocycles. The maximum Gasteiger partial charge on any atom is 0.343 e. The lowest BCUT2D eigenvalue weighted by atomic mass is 10.2. The Hall–Kier alpha value is -5.13. The van der Waals surface area contributed by atoms with Gasteiger partial charge in [-0.25, -0.2) is 10.2 Å². The van der Waals surface area contributed by atoms with Crippen LogP contribution < -0.4 is 14.9 Å². The van der Waals surface area contributed by atoms with E-state index in [1.165, 1.54) is 37.4 Å². The summed E-state index contributed by atoms with van der Waals surface area (Å²) in [5, 5.41) is 25.6. The lowest BCUT2D eigenvalue weighted by Gasteiger charge is -2.08. The van der Waals surface area contributed by atoms with Crippen molar-refractivity contribution in [3.63, 3.8) is 0 Å². The van der Waals surface area contributed by atoms with Gasteiger partial charge < -0.3 is 9.47 Å². The number of ether oxygens (including phenoxy) is 2. The molecular formula is C22H16N4O8. The smallest absolute Gasteiger partial charge is 0.343 e. The Morgan fingerprint density at radius 2 is 1.59 bits per heavy atom. The van der Waals surface area contributed by atoms with Crippen LogP contribution in [0.1, 0.15) is 26.3 Å². The molecule has 0 saturated carbocycles. The van der Waals surface area contributed by atoms with E-state index in [2.05, 4.69) is 10.5 Å². The molecule has 0 fully saturated rings. The molecule has 12 nitrogen and oxygen atoms in total. The number of esters is 1. The van der Waals surface area contributed by atoms with E-state index >= 15 is 0 Å². The van der Waals surface area contributed by atoms with Crippen molar-refractivity contribution in [1.82, 2.24) is 5.43 Å². The molecule has 0 atom stereocenters. The van der Waals surface area contributed by atoms with Gasteiger partial charge in [0, 0.05) is 35.4 Å². The first-order valence-electron chi connectivity index (χ1n) is 9.51. The summed E-state index contributed by atoms with van der Waals surface area (Å²) in [7, 11) is 1.44. The fourth-order valence-electron chi connectivity index (χ4n) is 2.71. The summed E-state index contributed by atoms with van der Waals surface area (Å²) in [4.78, 5) is 45.3. The summed E-state index contributed by atoms with van der Waals surface area (Å²) >= 11 is 0. The number of non-ortho nitro benzene ring substituents is 2. The Kier molecular flexibility index (Phi) is 7.24. The highest BCUT2D eigenvalue weighted by atomic mass is 16.6. The van der Waals surface area contributed by atoms with Gasteiger partial charge in [-0.3, -0.25) is 25.0 Å². The number of hydrogen-bond donors (Lipinski definition) is 1. The molecule has 1 amide bonds. The Bertz CT molecular complexity index is 1290. The van der Waals surface area contributed by atoms with Gasteiger partial charge in [0.25, 0.3) is 17.3 Å². The van der Waals surface area contributed by atoms with Crippen molar-refractivity contribution >= 4 is 29.5 Å². The minimum atomic E-state index is -0.739. The van der Waals surface area contributed by atoms with Crippen molar-refractivity contribution in [1.29, 1.82) is 0 Å². The highest BCUT2D eigenvalue weighted by molar-refractivity contribution is 5.96. The zero-order valence-electron chi connectivity index (χ0n) is 17.5. The van der Waals surface area contributed by atoms with Crippen LogP contribution in [0.2, 0.25) is 0 Å². The summed E-state index contributed by atoms with van der Waals surface area (Å²) < 4.78 is 10.4. The van der Waals surface area contributed by atoms with Crippen molar-refractivity contribution in [2.45, 2.75) is 0 Å². The Morgan fingerprint density at radius 1 is 0.912 bits per heavy atom. The monoisotopic (exact) mass is 464 g/mol. The van der Waals surface area contributed by atoms with Gasteiger partial charge in [-0.1, -0.05) is 6.07 Å². The number of benzene rings is 3. The third kappa shape index (κ3) is 5.76. The third-order valence-electron chi connectivity index (χ3n) is 4.42. The lowest BCUT2D eigenvalue weighted by Crippen LogP contribution is -2.17. The van der Waals surface area contributed by atoms with Crippen molar-refractivity contribution < 1.29 is 28.9 Å². The summed E-state index contributed by atoms with van der Waals surface area (Å²) in [6.07, 6.45) is 1.07. The maximum atomic E-state index is 12.5. The van der Waals surface area contributed by atoms with Crippen LogP contribution in [-0.2, 0) is 0 Å². The molecule has 0 aliphatic rings. The first-order valence-corrected chi connectivity index (χ1v) is 9.51. The molecule has 3 rings (SSSR count). The fraction of sp³-hybridized carbons (Fsp3) is 0.0455. The quantitative estimate of drug-likeness (QED) is 0.174. The Labute approximate surface area is 191 Å². The van der Waals surface area contributed by atoms with Crippen molar-refractivity contribution in [2.75, 3.05) is 7.11 Å². The van der Waals surface area contributed by atoms with Gasteiger partial charge in [0.15, 0.2) is 0 Å². The molecule has 12 heteroatoms. The molecule has 0 aliphatic heterocycles. The number of carbonyl (C=O) groups excluding carboxylic acids is 2. The van der Waals surface area contributed by atoms with E-state index in [-0.39, 0.29) is 33.8 Å². The zero-order valence-corrected chi connectivity index (χ0v) is 17.5. The molecule has 34 heavy (non-hydrogen) atoms. The van der Waals surface area contributed by atoms with Gasteiger partial charge in [-0.2, -0.15) is 5.10 Å². The highest BCUT2D eigenvalue weighted by Crippen LogP contribution is 2.24. The van der Waals surface area contributed by atoms with Crippen LogP contribution in [0.15, 0.2) is 71.8 Å². The molecular weight excluding hydrogens is 448 g/mol. The average molecular weight is 464 g/mol. The first-order chi connectivity index (χ1) is 16.3. The van der Waals surface area contributed by atoms with Gasteiger partial charge in [0.2, 0.25) is 0 Å². The van der Waals surface area contributed by atoms with E-state index in [0.717, 1.165) is 30.5 Å². The number of hydrogen-bond acceptors (Lipinski definition) is 9. The SMILES string of the molecule is COc1cccc(C(=O)Oc2ccc([N+](=O)[O-])cc2/C=N/NC(=O)c2ccc([N+](=O)[O-])cc2)c1. The standard InChI is InChI=1S/C22H16N4O8/c1-33-19-4-2-3-15(12-19)22(28)34-20-10-9-18(26(31)32)11-16(20)13-23-24-21(27)14-5-7-17(8-6-14)25(29)30/h2-13H,1H3,(H,24,27)/b23-13+. The molecule has 0 heterocycles. The van der Waals surface area contributed by atoms with Crippen molar-refractivity contribution in [3.8, 4) is 11.5 Å². The zero-order chi connectivity index (χ0) is 24.7. The number of hydrazone groups is 1. The Balaban J connectivity index is 1.80. The van der Waals surface area contributed by atoms with E-state index in [1.807, 2.05) is 0 Å². The number of nitro benzene ring substituents is 2. The number of methoxy groups -OCH3 is 1. The molecule has 0 bridgehead atoms. The van der Waals surface area contributed by atoms with E-state index in [0.29, 0.717) is 5.75 Å². The molecule has 0 saturated heterocycles. The lowest BCUT2D eigenvalue weighted by molar-refractivity contribution is -0.385. The van der Waals surface area contributed by atoms with Gasteiger partial charge >= 0.3 is 5.97 Å². The predicted molar refractivity (Wildman–Crippen MR) is 119 cm³/mol. The molecule has 172 valence electrons. The summed E-state index contributed by atoms with van der Waals surface area (Å²) in [5.74, 6) is -1.01. The molecule has 0 spiro atoms. The van der Waals surface area contributed by atoms with Crippen LogP contribution in [0.25, 0.3) is 0 Å². The second kappa shape index (κ2) is 10.5. The number of rotatable bonds is 8. The van der Waals surface area contributed by atoms with Gasteiger partial charge in [-0.05, 0) is 36.4 Å². The van der Waals surface area contributed by atoms with Crippen LogP contribution in [0.3, 0.4) is 0 Å². The van der Waals surface area contributed by atoms with Gasteiger partial charge in [-0.15, -0.1) is 0 Å². The average Bonchev–Trinajstić information content (AvgIpc) is 2.84. The number of nitrogens with zero attached hydrogens (tertiary/aromatic N) is 3. The molecule has 0 unspecified atom stereocenters. The van der Waals surface area contributed by atoms with Crippen LogP contribution >= 0.6 is 0 Å². The molecule has 1 N–H and O–H groups in total. The van der Waals surface area contributed by atoms with Crippen molar-refractivity contribution in [2.24, 2.45) is 5.10 Å². The van der Waals surface area contributed by atoms with E-state index in [1.54, 1.807) is 12.1 Å². The topological polar surface area (TPSA) is 163 Å². The second-order valence-corrected chi connectivity index (χ2v) is 6.60. The number of carbonyl (C=O) groups is 2. The summed E-state index contributed by atoms with van der Waals surface area (Å²) in [6.45, 7) is 0. The predicted octanol–water partition coefficient (Wildman–Crippen LogP) is 3.49. The highest BCUT2D eigenvalue weighted by Gasteiger charge is 2.16. The minimum absolute atomic E-state index is 0.0354. The number of nitrogens with one attached hydrogen (secondary N) is 1. The van der Waals surface area contributed by atoms with E-state index < -0.39 is 21.7 Å². The van der Waals surface area contributed by atoms with E-state index in [9.17, 15) is 29.8 Å². The summed E-state index contributed by atoms with van der Waals surface area (Å²) in [5.41, 5.74) is 2.08. The van der Waals surface area contributed by atoms with Crippen LogP contribution in [-0.4, -0.2) is 35.0 Å². The normalized spacial score (nSPS) is 10.5. The van der Waals surface area contributed by atoms with Crippen LogP contribution in [0.4, 0.5) is 11.4 Å². The van der Waals surface area contributed by atoms with E-state index in [4.69, 9.17) is 9.47 Å². The second-order valence-electron chi connectivity index (χ2n) is 6.60. The van der Waals surface area contributed by atoms with Gasteiger partial charge in [0.05, 0.1) is 28.7 Å². The van der Waals surface area contributed by atoms with Crippen LogP contribution in [0.5, 0.6) is 11.5 Å². The summed E-state index contributed by atoms with van der Waals surface area (Å²) in [6, 6.07) is 14.5. The molecule has 0 radical (unpaired) electrons. The third-order valence-corrected chi connectivity index (χ3v) is 4.42. The minimum Gasteiger partial charge on any atom is -0.497 e. The molecule has 0 aliphatic carbocycles. The fourth-order valence-corrected chi connectivity index (χ4v) is 2.71. The number of amides is 1. The molecule has 3 aromatic rings. The van der Waals surface area contributed by atoms with Crippen molar-refractivity contribution in [3.05, 3.63) is 104 Å². The first kappa shape index (κ1) is 23.5. The Morgan fingerprint density at radius 3 is 2.24 bits per heavy atom. The largest absolute Gasteiger partial charge is 0.497 e. The van der Waals surface area contributed by atoms with Gasteiger partial charge in [0.1, 0.15) is 11.5 Å². The number of nitro groups is 2. The molecule has 0 aromatic heterocycles. The maximum absolute atomic E-state index is 12.5.